The third-order valence-corrected chi connectivity index (χ3v) is 7.06. The van der Waals surface area contributed by atoms with E-state index in [0.717, 1.165) is 44.3 Å². The molecule has 0 atom stereocenters. The highest BCUT2D eigenvalue weighted by atomic mass is 32.2. The van der Waals surface area contributed by atoms with Gasteiger partial charge >= 0.3 is 0 Å². The smallest absolute Gasteiger partial charge is 0.240 e. The Kier molecular flexibility index (Phi) is 5.50. The van der Waals surface area contributed by atoms with E-state index in [2.05, 4.69) is 14.3 Å². The molecule has 2 aliphatic rings. The van der Waals surface area contributed by atoms with Crippen LogP contribution >= 0.6 is 0 Å². The standard InChI is InChI=1S/C20H26N4O3S/c25-20(23-12-9-18(10-13-23)24-14-11-21-15-24)8-3-16-1-6-19(7-2-16)28(26,27)22-17-4-5-17/h1-2,6-7,11,14-15,17-18,22H,3-5,8-10,12-13H2. The fourth-order valence-corrected chi connectivity index (χ4v) is 4.94. The van der Waals surface area contributed by atoms with Gasteiger partial charge in [-0.05, 0) is 49.8 Å². The highest BCUT2D eigenvalue weighted by Gasteiger charge is 2.28. The van der Waals surface area contributed by atoms with Crippen LogP contribution in [-0.2, 0) is 21.2 Å². The third-order valence-electron chi connectivity index (χ3n) is 5.52. The summed E-state index contributed by atoms with van der Waals surface area (Å²) in [5.74, 6) is 0.163. The Hall–Kier alpha value is -2.19. The van der Waals surface area contributed by atoms with Crippen molar-refractivity contribution in [2.45, 2.75) is 55.5 Å². The van der Waals surface area contributed by atoms with Gasteiger partial charge in [0.25, 0.3) is 0 Å². The summed E-state index contributed by atoms with van der Waals surface area (Å²) < 4.78 is 29.2. The number of imidazole rings is 1. The van der Waals surface area contributed by atoms with Crippen LogP contribution in [0.2, 0.25) is 0 Å². The Bertz CT molecular complexity index is 897. The van der Waals surface area contributed by atoms with Gasteiger partial charge in [0, 0.05) is 44.0 Å². The Balaban J connectivity index is 1.25. The molecule has 1 N–H and O–H groups in total. The molecule has 1 saturated heterocycles. The van der Waals surface area contributed by atoms with Gasteiger partial charge in [-0.1, -0.05) is 12.1 Å². The number of carbonyl (C=O) groups excluding carboxylic acids is 1. The first-order chi connectivity index (χ1) is 13.5. The van der Waals surface area contributed by atoms with Crippen LogP contribution in [0.1, 0.15) is 43.7 Å². The van der Waals surface area contributed by atoms with Crippen molar-refractivity contribution in [2.75, 3.05) is 13.1 Å². The second-order valence-corrected chi connectivity index (χ2v) is 9.38. The second kappa shape index (κ2) is 8.05. The minimum Gasteiger partial charge on any atom is -0.343 e. The summed E-state index contributed by atoms with van der Waals surface area (Å²) in [6.45, 7) is 1.54. The molecule has 0 radical (unpaired) electrons. The van der Waals surface area contributed by atoms with Gasteiger partial charge < -0.3 is 9.47 Å². The molecule has 1 aromatic heterocycles. The van der Waals surface area contributed by atoms with Gasteiger partial charge in [0.05, 0.1) is 11.2 Å². The summed E-state index contributed by atoms with van der Waals surface area (Å²) in [7, 11) is -3.42. The summed E-state index contributed by atoms with van der Waals surface area (Å²) in [5.41, 5.74) is 0.979. The van der Waals surface area contributed by atoms with E-state index >= 15 is 0 Å². The molecule has 0 unspecified atom stereocenters. The fourth-order valence-electron chi connectivity index (χ4n) is 3.63. The summed E-state index contributed by atoms with van der Waals surface area (Å²) in [6.07, 6.45) is 10.4. The van der Waals surface area contributed by atoms with Crippen LogP contribution < -0.4 is 4.72 Å². The first-order valence-corrected chi connectivity index (χ1v) is 11.4. The van der Waals surface area contributed by atoms with Crippen molar-refractivity contribution in [2.24, 2.45) is 0 Å². The number of benzene rings is 1. The second-order valence-electron chi connectivity index (χ2n) is 7.66. The number of likely N-dealkylation sites (tertiary alicyclic amines) is 1. The highest BCUT2D eigenvalue weighted by molar-refractivity contribution is 7.89. The molecule has 2 aromatic rings. The van der Waals surface area contributed by atoms with Crippen molar-refractivity contribution in [3.8, 4) is 0 Å². The molecule has 0 spiro atoms. The van der Waals surface area contributed by atoms with Crippen molar-refractivity contribution in [3.05, 3.63) is 48.5 Å². The van der Waals surface area contributed by atoms with Crippen molar-refractivity contribution < 1.29 is 13.2 Å². The number of aromatic nitrogens is 2. The first kappa shape index (κ1) is 19.1. The zero-order chi connectivity index (χ0) is 19.6. The molecule has 2 fully saturated rings. The van der Waals surface area contributed by atoms with Gasteiger partial charge in [-0.3, -0.25) is 4.79 Å². The molecule has 1 aliphatic carbocycles. The number of rotatable bonds is 7. The van der Waals surface area contributed by atoms with Crippen LogP contribution in [0.3, 0.4) is 0 Å². The van der Waals surface area contributed by atoms with E-state index in [1.54, 1.807) is 30.5 Å². The number of piperidine rings is 1. The average molecular weight is 403 g/mol. The summed E-state index contributed by atoms with van der Waals surface area (Å²) >= 11 is 0. The maximum atomic E-state index is 12.5. The van der Waals surface area contributed by atoms with Crippen LogP contribution in [0.15, 0.2) is 47.9 Å². The van der Waals surface area contributed by atoms with E-state index in [0.29, 0.717) is 18.9 Å². The lowest BCUT2D eigenvalue weighted by molar-refractivity contribution is -0.132. The van der Waals surface area contributed by atoms with Crippen molar-refractivity contribution >= 4 is 15.9 Å². The maximum absolute atomic E-state index is 12.5. The van der Waals surface area contributed by atoms with E-state index in [1.807, 2.05) is 17.4 Å². The molecule has 7 nitrogen and oxygen atoms in total. The summed E-state index contributed by atoms with van der Waals surface area (Å²) in [4.78, 5) is 18.8. The normalized spacial score (nSPS) is 18.4. The number of hydrogen-bond donors (Lipinski definition) is 1. The largest absolute Gasteiger partial charge is 0.343 e. The number of nitrogens with one attached hydrogen (secondary N) is 1. The monoisotopic (exact) mass is 402 g/mol. The predicted molar refractivity (Wildman–Crippen MR) is 105 cm³/mol. The van der Waals surface area contributed by atoms with E-state index in [9.17, 15) is 13.2 Å². The Morgan fingerprint density at radius 2 is 1.82 bits per heavy atom. The first-order valence-electron chi connectivity index (χ1n) is 9.88. The predicted octanol–water partition coefficient (Wildman–Crippen LogP) is 2.12. The molecule has 1 saturated carbocycles. The number of nitrogens with zero attached hydrogens (tertiary/aromatic N) is 3. The van der Waals surface area contributed by atoms with E-state index in [-0.39, 0.29) is 16.8 Å². The molecule has 28 heavy (non-hydrogen) atoms. The summed E-state index contributed by atoms with van der Waals surface area (Å²) in [5, 5.41) is 0. The number of hydrogen-bond acceptors (Lipinski definition) is 4. The molecule has 2 heterocycles. The molecular formula is C20H26N4O3S. The van der Waals surface area contributed by atoms with Crippen molar-refractivity contribution in [1.82, 2.24) is 19.2 Å². The minimum absolute atomic E-state index is 0.0974. The fraction of sp³-hybridized carbons (Fsp3) is 0.500. The van der Waals surface area contributed by atoms with Gasteiger partial charge in [-0.15, -0.1) is 0 Å². The van der Waals surface area contributed by atoms with Crippen LogP contribution in [0.4, 0.5) is 0 Å². The van der Waals surface area contributed by atoms with E-state index in [1.165, 1.54) is 0 Å². The SMILES string of the molecule is O=C(CCc1ccc(S(=O)(=O)NC2CC2)cc1)N1CCC(n2ccnc2)CC1. The van der Waals surface area contributed by atoms with Gasteiger partial charge in [0.15, 0.2) is 0 Å². The third kappa shape index (κ3) is 4.62. The molecule has 8 heteroatoms. The van der Waals surface area contributed by atoms with Gasteiger partial charge in [0.1, 0.15) is 0 Å². The number of aryl methyl sites for hydroxylation is 1. The lowest BCUT2D eigenvalue weighted by Crippen LogP contribution is -2.39. The van der Waals surface area contributed by atoms with Crippen LogP contribution in [0, 0.1) is 0 Å². The Morgan fingerprint density at radius 3 is 2.43 bits per heavy atom. The molecule has 1 aliphatic heterocycles. The minimum atomic E-state index is -3.42. The summed E-state index contributed by atoms with van der Waals surface area (Å²) in [6, 6.07) is 7.38. The Morgan fingerprint density at radius 1 is 1.11 bits per heavy atom. The molecule has 150 valence electrons. The molecular weight excluding hydrogens is 376 g/mol. The van der Waals surface area contributed by atoms with E-state index < -0.39 is 10.0 Å². The molecule has 1 aromatic carbocycles. The van der Waals surface area contributed by atoms with Crippen LogP contribution in [-0.4, -0.2) is 47.9 Å². The van der Waals surface area contributed by atoms with Crippen LogP contribution in [0.5, 0.6) is 0 Å². The molecule has 4 rings (SSSR count). The van der Waals surface area contributed by atoms with Crippen LogP contribution in [0.25, 0.3) is 0 Å². The molecule has 1 amide bonds. The number of amides is 1. The van der Waals surface area contributed by atoms with Gasteiger partial charge in [0.2, 0.25) is 15.9 Å². The zero-order valence-electron chi connectivity index (χ0n) is 15.8. The lowest BCUT2D eigenvalue weighted by atomic mass is 10.0. The highest BCUT2D eigenvalue weighted by Crippen LogP contribution is 2.24. The number of sulfonamides is 1. The lowest BCUT2D eigenvalue weighted by Gasteiger charge is -2.32. The average Bonchev–Trinajstić information content (AvgIpc) is 3.33. The Labute approximate surface area is 165 Å². The van der Waals surface area contributed by atoms with Gasteiger partial charge in [-0.25, -0.2) is 18.1 Å². The number of carbonyl (C=O) groups is 1. The maximum Gasteiger partial charge on any atom is 0.240 e. The zero-order valence-corrected chi connectivity index (χ0v) is 16.6. The topological polar surface area (TPSA) is 84.3 Å². The van der Waals surface area contributed by atoms with Gasteiger partial charge in [-0.2, -0.15) is 0 Å². The quantitative estimate of drug-likeness (QED) is 0.769. The van der Waals surface area contributed by atoms with Crippen molar-refractivity contribution in [1.29, 1.82) is 0 Å². The van der Waals surface area contributed by atoms with Crippen molar-refractivity contribution in [3.63, 3.8) is 0 Å². The van der Waals surface area contributed by atoms with E-state index in [4.69, 9.17) is 0 Å². The molecule has 0 bridgehead atoms.